The lowest BCUT2D eigenvalue weighted by atomic mass is 9.68. The number of rotatable bonds is 8. The monoisotopic (exact) mass is 662 g/mol. The number of fused-ring (bicyclic) bond motifs is 3. The van der Waals surface area contributed by atoms with E-state index in [9.17, 15) is 23.2 Å². The molecule has 1 aromatic carbocycles. The van der Waals surface area contributed by atoms with Crippen LogP contribution >= 0.6 is 11.6 Å². The van der Waals surface area contributed by atoms with Gasteiger partial charge in [-0.05, 0) is 56.3 Å². The Kier molecular flexibility index (Phi) is 9.15. The molecule has 2 saturated heterocycles. The van der Waals surface area contributed by atoms with E-state index in [0.29, 0.717) is 55.1 Å². The fraction of sp³-hybridized carbons (Fsp3) is 0.562. The molecule has 2 aliphatic heterocycles. The zero-order valence-corrected chi connectivity index (χ0v) is 26.2. The van der Waals surface area contributed by atoms with Gasteiger partial charge in [-0.25, -0.2) is 8.78 Å². The number of likely N-dealkylation sites (tertiary alicyclic amines) is 1. The largest absolute Gasteiger partial charge is 0.462 e. The van der Waals surface area contributed by atoms with Crippen LogP contribution in [0.15, 0.2) is 30.6 Å². The van der Waals surface area contributed by atoms with Crippen LogP contribution in [0.5, 0.6) is 6.01 Å². The van der Waals surface area contributed by atoms with E-state index in [4.69, 9.17) is 26.1 Å². The van der Waals surface area contributed by atoms with Gasteiger partial charge in [0, 0.05) is 42.2 Å². The number of hydrogen-bond acceptors (Lipinski definition) is 8. The third kappa shape index (κ3) is 5.80. The highest BCUT2D eigenvalue weighted by Gasteiger charge is 2.51. The van der Waals surface area contributed by atoms with E-state index in [-0.39, 0.29) is 44.4 Å². The van der Waals surface area contributed by atoms with Crippen molar-refractivity contribution in [1.82, 2.24) is 19.8 Å². The van der Waals surface area contributed by atoms with Crippen LogP contribution in [0.3, 0.4) is 0 Å². The highest BCUT2D eigenvalue weighted by molar-refractivity contribution is 6.31. The summed E-state index contributed by atoms with van der Waals surface area (Å²) in [7, 11) is 1.79. The van der Waals surface area contributed by atoms with Gasteiger partial charge in [-0.1, -0.05) is 30.3 Å². The van der Waals surface area contributed by atoms with Crippen molar-refractivity contribution >= 4 is 23.3 Å². The predicted octanol–water partition coefficient (Wildman–Crippen LogP) is 5.08. The number of aromatic nitrogens is 2. The lowest BCUT2D eigenvalue weighted by Crippen LogP contribution is -2.55. The van der Waals surface area contributed by atoms with Crippen molar-refractivity contribution in [2.75, 3.05) is 44.7 Å². The molecule has 14 heteroatoms. The van der Waals surface area contributed by atoms with Gasteiger partial charge in [0.2, 0.25) is 0 Å². The molecule has 2 aliphatic carbocycles. The summed E-state index contributed by atoms with van der Waals surface area (Å²) in [6.07, 6.45) is 0.202. The number of likely N-dealkylation sites (N-methyl/N-ethyl adjacent to an activating group) is 1. The van der Waals surface area contributed by atoms with Crippen molar-refractivity contribution in [3.8, 4) is 12.1 Å². The van der Waals surface area contributed by atoms with Crippen LogP contribution in [0.4, 0.5) is 23.4 Å². The first-order valence-corrected chi connectivity index (χ1v) is 15.8. The molecular formula is C32H35ClF4N6O3. The average Bonchev–Trinajstić information content (AvgIpc) is 3.58. The molecule has 0 N–H and O–H groups in total. The van der Waals surface area contributed by atoms with E-state index in [1.165, 1.54) is 4.90 Å². The number of carbonyl (C=O) groups is 1. The molecule has 2 fully saturated rings. The Balaban J connectivity index is 1.36. The van der Waals surface area contributed by atoms with Gasteiger partial charge >= 0.3 is 12.6 Å². The van der Waals surface area contributed by atoms with Crippen molar-refractivity contribution < 1.29 is 31.8 Å². The highest BCUT2D eigenvalue weighted by atomic mass is 35.5. The molecular weight excluding hydrogens is 628 g/mol. The minimum Gasteiger partial charge on any atom is -0.462 e. The average molecular weight is 663 g/mol. The lowest BCUT2D eigenvalue weighted by Gasteiger charge is -2.43. The van der Waals surface area contributed by atoms with Gasteiger partial charge in [0.15, 0.2) is 12.0 Å². The standard InChI is InChI=1S/C32H35ClF4N6O3/c1-18(34)29(44)43-15-14-42(16-19(43)8-12-38)28-21-7-11-32(10-6-20-22(32)4-3-5-23(20)33)27(35)26(21)39-31(40-28)45-17-24-25(46-30(36)37)9-13-41(24)2/h3-5,19,24-25,27,30H,1,6-11,13-17H2,2H3/t19-,24+,25-,27-,32+/m0/s1. The minimum atomic E-state index is -2.93. The summed E-state index contributed by atoms with van der Waals surface area (Å²) in [5.41, 5.74) is 1.75. The second-order valence-electron chi connectivity index (χ2n) is 12.4. The Bertz CT molecular complexity index is 1560. The number of hydrogen-bond donors (Lipinski definition) is 0. The molecule has 3 heterocycles. The summed E-state index contributed by atoms with van der Waals surface area (Å²) >= 11 is 6.51. The number of alkyl halides is 3. The van der Waals surface area contributed by atoms with E-state index in [1.54, 1.807) is 13.1 Å². The Morgan fingerprint density at radius 3 is 2.70 bits per heavy atom. The maximum atomic E-state index is 17.1. The van der Waals surface area contributed by atoms with Crippen molar-refractivity contribution in [3.05, 3.63) is 58.0 Å². The quantitative estimate of drug-likeness (QED) is 0.286. The highest BCUT2D eigenvalue weighted by Crippen LogP contribution is 2.56. The zero-order chi connectivity index (χ0) is 32.7. The third-order valence-corrected chi connectivity index (χ3v) is 10.4. The Labute approximate surface area is 269 Å². The zero-order valence-electron chi connectivity index (χ0n) is 25.4. The third-order valence-electron chi connectivity index (χ3n) is 10.0. The normalized spacial score (nSPS) is 27.5. The van der Waals surface area contributed by atoms with E-state index < -0.39 is 48.1 Å². The van der Waals surface area contributed by atoms with Gasteiger partial charge < -0.3 is 19.3 Å². The van der Waals surface area contributed by atoms with Gasteiger partial charge in [0.25, 0.3) is 5.91 Å². The molecule has 9 nitrogen and oxygen atoms in total. The summed E-state index contributed by atoms with van der Waals surface area (Å²) in [5.74, 6) is -1.57. The molecule has 4 aliphatic rings. The van der Waals surface area contributed by atoms with Crippen LogP contribution in [-0.4, -0.2) is 90.3 Å². The van der Waals surface area contributed by atoms with Gasteiger partial charge in [-0.2, -0.15) is 24.0 Å². The second kappa shape index (κ2) is 13.0. The van der Waals surface area contributed by atoms with Gasteiger partial charge in [-0.3, -0.25) is 9.69 Å². The summed E-state index contributed by atoms with van der Waals surface area (Å²) in [6.45, 7) is 1.13. The maximum Gasteiger partial charge on any atom is 0.345 e. The van der Waals surface area contributed by atoms with E-state index in [2.05, 4.69) is 17.6 Å². The van der Waals surface area contributed by atoms with Crippen LogP contribution in [0.2, 0.25) is 5.02 Å². The fourth-order valence-electron chi connectivity index (χ4n) is 7.67. The molecule has 5 atom stereocenters. The minimum absolute atomic E-state index is 0.0575. The number of nitrogens with zero attached hydrogens (tertiary/aromatic N) is 6. The van der Waals surface area contributed by atoms with Crippen LogP contribution < -0.4 is 9.64 Å². The number of piperazine rings is 1. The van der Waals surface area contributed by atoms with Crippen molar-refractivity contribution in [1.29, 1.82) is 5.26 Å². The summed E-state index contributed by atoms with van der Waals surface area (Å²) in [4.78, 5) is 26.8. The number of nitriles is 1. The number of anilines is 1. The molecule has 246 valence electrons. The first-order chi connectivity index (χ1) is 22.0. The lowest BCUT2D eigenvalue weighted by molar-refractivity contribution is -0.169. The van der Waals surface area contributed by atoms with Gasteiger partial charge in [0.1, 0.15) is 12.4 Å². The van der Waals surface area contributed by atoms with E-state index >= 15 is 4.39 Å². The first-order valence-electron chi connectivity index (χ1n) is 15.4. The summed E-state index contributed by atoms with van der Waals surface area (Å²) in [6, 6.07) is 6.35. The van der Waals surface area contributed by atoms with Crippen LogP contribution in [0.25, 0.3) is 0 Å². The molecule has 0 unspecified atom stereocenters. The van der Waals surface area contributed by atoms with E-state index in [1.807, 2.05) is 21.9 Å². The maximum absolute atomic E-state index is 17.1. The molecule has 1 amide bonds. The molecule has 0 saturated carbocycles. The Morgan fingerprint density at radius 2 is 1.98 bits per heavy atom. The molecule has 1 spiro atoms. The van der Waals surface area contributed by atoms with Crippen molar-refractivity contribution in [2.24, 2.45) is 0 Å². The van der Waals surface area contributed by atoms with Gasteiger partial charge in [-0.15, -0.1) is 0 Å². The fourth-order valence-corrected chi connectivity index (χ4v) is 7.94. The molecule has 2 aromatic rings. The van der Waals surface area contributed by atoms with Crippen LogP contribution in [0.1, 0.15) is 54.2 Å². The molecule has 0 bridgehead atoms. The predicted molar refractivity (Wildman–Crippen MR) is 161 cm³/mol. The smallest absolute Gasteiger partial charge is 0.345 e. The van der Waals surface area contributed by atoms with Crippen molar-refractivity contribution in [3.63, 3.8) is 0 Å². The Hall–Kier alpha value is -3.47. The topological polar surface area (TPSA) is 94.8 Å². The number of ether oxygens (including phenoxy) is 2. The molecule has 46 heavy (non-hydrogen) atoms. The molecule has 1 aromatic heterocycles. The van der Waals surface area contributed by atoms with Gasteiger partial charge in [0.05, 0.1) is 36.4 Å². The second-order valence-corrected chi connectivity index (χ2v) is 12.8. The van der Waals surface area contributed by atoms with Crippen LogP contribution in [0, 0.1) is 11.3 Å². The van der Waals surface area contributed by atoms with E-state index in [0.717, 1.165) is 11.1 Å². The Morgan fingerprint density at radius 1 is 1.22 bits per heavy atom. The number of halogens is 5. The summed E-state index contributed by atoms with van der Waals surface area (Å²) < 4.78 is 68.0. The molecule has 0 radical (unpaired) electrons. The number of benzene rings is 1. The summed E-state index contributed by atoms with van der Waals surface area (Å²) in [5, 5.41) is 10.1. The molecule has 6 rings (SSSR count). The van der Waals surface area contributed by atoms with Crippen molar-refractivity contribution in [2.45, 2.75) is 74.9 Å². The number of amides is 1. The number of carbonyl (C=O) groups excluding carboxylic acids is 1. The SMILES string of the molecule is C=C(F)C(=O)N1CCN(c2nc(OC[C@@H]3[C@@H](OC(F)F)CCN3C)nc3c2CC[C@@]2(CCc4c(Cl)cccc42)[C@H]3F)C[C@@H]1CC#N. The van der Waals surface area contributed by atoms with Crippen LogP contribution in [-0.2, 0) is 27.8 Å². The first kappa shape index (κ1) is 32.5.